The first-order valence-corrected chi connectivity index (χ1v) is 5.47. The molecule has 0 amide bonds. The van der Waals surface area contributed by atoms with Crippen molar-refractivity contribution in [2.24, 2.45) is 5.73 Å². The number of rotatable bonds is 4. The van der Waals surface area contributed by atoms with E-state index in [1.54, 1.807) is 0 Å². The zero-order valence-corrected chi connectivity index (χ0v) is 9.87. The molecule has 0 heterocycles. The molecule has 0 atom stereocenters. The Kier molecular flexibility index (Phi) is 4.52. The van der Waals surface area contributed by atoms with Crippen LogP contribution in [0.4, 0.5) is 0 Å². The molecule has 0 saturated carbocycles. The second-order valence-corrected chi connectivity index (χ2v) is 3.98. The summed E-state index contributed by atoms with van der Waals surface area (Å²) in [6.07, 6.45) is 1.04. The van der Waals surface area contributed by atoms with E-state index in [0.29, 0.717) is 6.54 Å². The van der Waals surface area contributed by atoms with Gasteiger partial charge in [-0.05, 0) is 46.7 Å². The molecule has 1 rings (SSSR count). The number of hydrogen-bond acceptors (Lipinski definition) is 2. The smallest absolute Gasteiger partial charge is 0.132 e. The maximum absolute atomic E-state index is 5.54. The lowest BCUT2D eigenvalue weighted by Gasteiger charge is -2.07. The summed E-state index contributed by atoms with van der Waals surface area (Å²) in [5.74, 6) is 0.958. The normalized spacial score (nSPS) is 10.1. The van der Waals surface area contributed by atoms with Crippen molar-refractivity contribution < 1.29 is 4.74 Å². The third kappa shape index (κ3) is 3.15. The number of ether oxygens (including phenoxy) is 1. The highest BCUT2D eigenvalue weighted by molar-refractivity contribution is 14.1. The monoisotopic (exact) mass is 291 g/mol. The van der Waals surface area contributed by atoms with Crippen LogP contribution in [0, 0.1) is 3.57 Å². The Morgan fingerprint density at radius 3 is 2.77 bits per heavy atom. The molecule has 0 unspecified atom stereocenters. The fourth-order valence-electron chi connectivity index (χ4n) is 1.00. The van der Waals surface area contributed by atoms with E-state index in [1.165, 1.54) is 0 Å². The van der Waals surface area contributed by atoms with Gasteiger partial charge in [0.2, 0.25) is 0 Å². The zero-order valence-electron chi connectivity index (χ0n) is 7.72. The lowest BCUT2D eigenvalue weighted by molar-refractivity contribution is 0.315. The third-order valence-corrected chi connectivity index (χ3v) is 2.54. The summed E-state index contributed by atoms with van der Waals surface area (Å²) in [7, 11) is 0. The second kappa shape index (κ2) is 5.44. The lowest BCUT2D eigenvalue weighted by Crippen LogP contribution is -2.00. The Labute approximate surface area is 92.6 Å². The fraction of sp³-hybridized carbons (Fsp3) is 0.400. The highest BCUT2D eigenvalue weighted by atomic mass is 127. The number of benzene rings is 1. The van der Waals surface area contributed by atoms with Crippen molar-refractivity contribution in [3.8, 4) is 5.75 Å². The number of hydrogen-bond donors (Lipinski definition) is 1. The van der Waals surface area contributed by atoms with Crippen LogP contribution in [-0.2, 0) is 6.54 Å². The lowest BCUT2D eigenvalue weighted by atomic mass is 10.2. The summed E-state index contributed by atoms with van der Waals surface area (Å²) in [4.78, 5) is 0. The minimum Gasteiger partial charge on any atom is -0.492 e. The van der Waals surface area contributed by atoms with Gasteiger partial charge in [0.15, 0.2) is 0 Å². The minimum absolute atomic E-state index is 0.587. The van der Waals surface area contributed by atoms with Gasteiger partial charge in [-0.2, -0.15) is 0 Å². The Morgan fingerprint density at radius 2 is 2.23 bits per heavy atom. The van der Waals surface area contributed by atoms with Crippen LogP contribution in [-0.4, -0.2) is 6.61 Å². The van der Waals surface area contributed by atoms with Gasteiger partial charge in [0.05, 0.1) is 10.2 Å². The summed E-state index contributed by atoms with van der Waals surface area (Å²) in [5, 5.41) is 0. The van der Waals surface area contributed by atoms with Gasteiger partial charge >= 0.3 is 0 Å². The standard InChI is InChI=1S/C10H14INO/c1-2-5-13-10-4-3-8(7-12)6-9(10)11/h3-4,6H,2,5,7,12H2,1H3. The summed E-state index contributed by atoms with van der Waals surface area (Å²) < 4.78 is 6.67. The molecule has 13 heavy (non-hydrogen) atoms. The van der Waals surface area contributed by atoms with E-state index in [9.17, 15) is 0 Å². The maximum atomic E-state index is 5.54. The van der Waals surface area contributed by atoms with Crippen LogP contribution >= 0.6 is 22.6 Å². The Balaban J connectivity index is 2.73. The second-order valence-electron chi connectivity index (χ2n) is 2.82. The molecule has 0 aliphatic rings. The van der Waals surface area contributed by atoms with Gasteiger partial charge in [0, 0.05) is 6.54 Å². The van der Waals surface area contributed by atoms with E-state index >= 15 is 0 Å². The van der Waals surface area contributed by atoms with Gasteiger partial charge in [-0.1, -0.05) is 13.0 Å². The first-order valence-electron chi connectivity index (χ1n) is 4.39. The Bertz CT molecular complexity index is 276. The topological polar surface area (TPSA) is 35.2 Å². The van der Waals surface area contributed by atoms with Crippen LogP contribution in [0.5, 0.6) is 5.75 Å². The molecule has 3 heteroatoms. The molecule has 1 aromatic carbocycles. The van der Waals surface area contributed by atoms with Crippen molar-refractivity contribution in [1.82, 2.24) is 0 Å². The number of halogens is 1. The molecule has 0 bridgehead atoms. The Morgan fingerprint density at radius 1 is 1.46 bits per heavy atom. The molecule has 0 aliphatic carbocycles. The van der Waals surface area contributed by atoms with E-state index in [4.69, 9.17) is 10.5 Å². The van der Waals surface area contributed by atoms with E-state index in [-0.39, 0.29) is 0 Å². The molecule has 0 radical (unpaired) electrons. The van der Waals surface area contributed by atoms with Crippen molar-refractivity contribution in [2.45, 2.75) is 19.9 Å². The molecule has 0 aliphatic heterocycles. The molecule has 0 saturated heterocycles. The van der Waals surface area contributed by atoms with E-state index in [1.807, 2.05) is 12.1 Å². The van der Waals surface area contributed by atoms with Crippen molar-refractivity contribution in [2.75, 3.05) is 6.61 Å². The first-order chi connectivity index (χ1) is 6.27. The van der Waals surface area contributed by atoms with Crippen LogP contribution in [0.2, 0.25) is 0 Å². The average molecular weight is 291 g/mol. The van der Waals surface area contributed by atoms with E-state index in [2.05, 4.69) is 35.6 Å². The van der Waals surface area contributed by atoms with Gasteiger partial charge in [-0.25, -0.2) is 0 Å². The first kappa shape index (κ1) is 10.8. The van der Waals surface area contributed by atoms with Crippen LogP contribution in [0.1, 0.15) is 18.9 Å². The summed E-state index contributed by atoms with van der Waals surface area (Å²) in [5.41, 5.74) is 6.67. The Hall–Kier alpha value is -0.290. The van der Waals surface area contributed by atoms with Gasteiger partial charge in [0.25, 0.3) is 0 Å². The summed E-state index contributed by atoms with van der Waals surface area (Å²) >= 11 is 2.27. The molecule has 72 valence electrons. The summed E-state index contributed by atoms with van der Waals surface area (Å²) in [6.45, 7) is 3.46. The number of nitrogens with two attached hydrogens (primary N) is 1. The van der Waals surface area contributed by atoms with Gasteiger partial charge in [0.1, 0.15) is 5.75 Å². The SMILES string of the molecule is CCCOc1ccc(CN)cc1I. The van der Waals surface area contributed by atoms with Crippen LogP contribution < -0.4 is 10.5 Å². The average Bonchev–Trinajstić information content (AvgIpc) is 2.16. The van der Waals surface area contributed by atoms with Gasteiger partial charge in [-0.3, -0.25) is 0 Å². The minimum atomic E-state index is 0.587. The maximum Gasteiger partial charge on any atom is 0.132 e. The predicted molar refractivity (Wildman–Crippen MR) is 62.8 cm³/mol. The zero-order chi connectivity index (χ0) is 9.68. The highest BCUT2D eigenvalue weighted by Crippen LogP contribution is 2.21. The molecular formula is C10H14INO. The van der Waals surface area contributed by atoms with Crippen molar-refractivity contribution in [3.63, 3.8) is 0 Å². The third-order valence-electron chi connectivity index (χ3n) is 1.69. The molecule has 2 nitrogen and oxygen atoms in total. The molecule has 0 aromatic heterocycles. The molecule has 1 aromatic rings. The van der Waals surface area contributed by atoms with Gasteiger partial charge in [-0.15, -0.1) is 0 Å². The van der Waals surface area contributed by atoms with Gasteiger partial charge < -0.3 is 10.5 Å². The van der Waals surface area contributed by atoms with E-state index in [0.717, 1.165) is 27.9 Å². The highest BCUT2D eigenvalue weighted by Gasteiger charge is 2.00. The van der Waals surface area contributed by atoms with Crippen molar-refractivity contribution >= 4 is 22.6 Å². The molecule has 0 fully saturated rings. The van der Waals surface area contributed by atoms with Crippen LogP contribution in [0.3, 0.4) is 0 Å². The van der Waals surface area contributed by atoms with Crippen LogP contribution in [0.25, 0.3) is 0 Å². The van der Waals surface area contributed by atoms with Crippen molar-refractivity contribution in [3.05, 3.63) is 27.3 Å². The summed E-state index contributed by atoms with van der Waals surface area (Å²) in [6, 6.07) is 6.05. The quantitative estimate of drug-likeness (QED) is 0.865. The molecular weight excluding hydrogens is 277 g/mol. The van der Waals surface area contributed by atoms with Crippen LogP contribution in [0.15, 0.2) is 18.2 Å². The fourth-order valence-corrected chi connectivity index (χ4v) is 1.74. The largest absolute Gasteiger partial charge is 0.492 e. The predicted octanol–water partition coefficient (Wildman–Crippen LogP) is 2.54. The molecule has 2 N–H and O–H groups in total. The van der Waals surface area contributed by atoms with E-state index < -0.39 is 0 Å². The molecule has 0 spiro atoms. The van der Waals surface area contributed by atoms with Crippen molar-refractivity contribution in [1.29, 1.82) is 0 Å².